The summed E-state index contributed by atoms with van der Waals surface area (Å²) < 4.78 is 5.28. The van der Waals surface area contributed by atoms with Gasteiger partial charge in [-0.25, -0.2) is 0 Å². The number of rotatable bonds is 4. The molecule has 0 atom stereocenters. The van der Waals surface area contributed by atoms with Crippen LogP contribution >= 0.6 is 39.3 Å². The van der Waals surface area contributed by atoms with Gasteiger partial charge in [0.2, 0.25) is 0 Å². The molecule has 8 heteroatoms. The highest BCUT2D eigenvalue weighted by atomic mass is 79.9. The number of amides is 2. The summed E-state index contributed by atoms with van der Waals surface area (Å²) in [5.41, 5.74) is 0.367. The molecule has 1 fully saturated rings. The Kier molecular flexibility index (Phi) is 5.32. The van der Waals surface area contributed by atoms with Crippen molar-refractivity contribution in [3.8, 4) is 5.75 Å². The fourth-order valence-corrected chi connectivity index (χ4v) is 3.40. The summed E-state index contributed by atoms with van der Waals surface area (Å²) in [6, 6.07) is 3.06. The predicted molar refractivity (Wildman–Crippen MR) is 85.4 cm³/mol. The maximum Gasteiger partial charge on any atom is 0.293 e. The van der Waals surface area contributed by atoms with Crippen LogP contribution in [0.4, 0.5) is 4.79 Å². The second-order valence-electron chi connectivity index (χ2n) is 4.15. The van der Waals surface area contributed by atoms with Crippen LogP contribution in [-0.2, 0) is 9.53 Å². The van der Waals surface area contributed by atoms with Gasteiger partial charge in [0, 0.05) is 17.7 Å². The number of carbonyl (C=O) groups is 2. The van der Waals surface area contributed by atoms with Crippen molar-refractivity contribution in [2.45, 2.75) is 0 Å². The highest BCUT2D eigenvalue weighted by Crippen LogP contribution is 2.37. The van der Waals surface area contributed by atoms with E-state index in [4.69, 9.17) is 16.3 Å². The zero-order chi connectivity index (χ0) is 15.6. The van der Waals surface area contributed by atoms with Crippen LogP contribution in [0.5, 0.6) is 5.75 Å². The van der Waals surface area contributed by atoms with Crippen LogP contribution in [0.2, 0.25) is 5.02 Å². The Morgan fingerprint density at radius 2 is 2.19 bits per heavy atom. The molecule has 0 bridgehead atoms. The van der Waals surface area contributed by atoms with Crippen molar-refractivity contribution in [3.05, 3.63) is 32.1 Å². The van der Waals surface area contributed by atoms with Gasteiger partial charge in [0.25, 0.3) is 11.1 Å². The average molecular weight is 393 g/mol. The van der Waals surface area contributed by atoms with Crippen molar-refractivity contribution >= 4 is 56.5 Å². The van der Waals surface area contributed by atoms with Gasteiger partial charge < -0.3 is 9.84 Å². The van der Waals surface area contributed by atoms with Gasteiger partial charge in [-0.1, -0.05) is 11.6 Å². The van der Waals surface area contributed by atoms with E-state index in [0.29, 0.717) is 15.1 Å². The van der Waals surface area contributed by atoms with Crippen LogP contribution < -0.4 is 0 Å². The van der Waals surface area contributed by atoms with E-state index in [1.54, 1.807) is 6.07 Å². The lowest BCUT2D eigenvalue weighted by atomic mass is 10.2. The maximum atomic E-state index is 12.1. The lowest BCUT2D eigenvalue weighted by Gasteiger charge is -2.10. The number of benzene rings is 1. The molecule has 1 heterocycles. The number of hydrogen-bond donors (Lipinski definition) is 1. The van der Waals surface area contributed by atoms with Gasteiger partial charge in [-0.3, -0.25) is 14.5 Å². The predicted octanol–water partition coefficient (Wildman–Crippen LogP) is 3.49. The third-order valence-electron chi connectivity index (χ3n) is 2.74. The van der Waals surface area contributed by atoms with Gasteiger partial charge in [-0.15, -0.1) is 0 Å². The number of carbonyl (C=O) groups excluding carboxylic acids is 2. The fraction of sp³-hybridized carbons (Fsp3) is 0.231. The largest absolute Gasteiger partial charge is 0.506 e. The number of hydrogen-bond acceptors (Lipinski definition) is 5. The number of halogens is 2. The Morgan fingerprint density at radius 1 is 1.48 bits per heavy atom. The molecule has 1 aliphatic heterocycles. The molecular weight excluding hydrogens is 382 g/mol. The molecule has 0 aromatic heterocycles. The molecule has 0 aliphatic carbocycles. The number of phenolic OH excluding ortho intramolecular Hbond substituents is 1. The second kappa shape index (κ2) is 6.83. The molecule has 112 valence electrons. The van der Waals surface area contributed by atoms with Gasteiger partial charge in [-0.2, -0.15) is 0 Å². The number of aromatic hydroxyl groups is 1. The van der Waals surface area contributed by atoms with Crippen molar-refractivity contribution in [1.82, 2.24) is 4.90 Å². The number of nitrogens with zero attached hydrogens (tertiary/aromatic N) is 1. The van der Waals surface area contributed by atoms with Gasteiger partial charge in [-0.05, 0) is 45.9 Å². The van der Waals surface area contributed by atoms with E-state index < -0.39 is 5.91 Å². The lowest BCUT2D eigenvalue weighted by Crippen LogP contribution is -2.31. The SMILES string of the molecule is COCCN1C(=O)S/C(=C/c2cc(Cl)cc(Br)c2O)C1=O. The Bertz CT molecular complexity index is 635. The van der Waals surface area contributed by atoms with E-state index >= 15 is 0 Å². The third kappa shape index (κ3) is 3.60. The van der Waals surface area contributed by atoms with Crippen molar-refractivity contribution in [2.24, 2.45) is 0 Å². The van der Waals surface area contributed by atoms with E-state index in [2.05, 4.69) is 15.9 Å². The Hall–Kier alpha value is -1.02. The number of imide groups is 1. The monoisotopic (exact) mass is 391 g/mol. The van der Waals surface area contributed by atoms with Crippen molar-refractivity contribution < 1.29 is 19.4 Å². The summed E-state index contributed by atoms with van der Waals surface area (Å²) in [4.78, 5) is 25.3. The molecule has 2 rings (SSSR count). The first-order valence-corrected chi connectivity index (χ1v) is 7.85. The topological polar surface area (TPSA) is 66.8 Å². The highest BCUT2D eigenvalue weighted by Gasteiger charge is 2.34. The summed E-state index contributed by atoms with van der Waals surface area (Å²) in [6.07, 6.45) is 1.45. The van der Waals surface area contributed by atoms with Crippen molar-refractivity contribution in [3.63, 3.8) is 0 Å². The third-order valence-corrected chi connectivity index (χ3v) is 4.47. The summed E-state index contributed by atoms with van der Waals surface area (Å²) in [7, 11) is 1.50. The van der Waals surface area contributed by atoms with E-state index in [1.165, 1.54) is 19.3 Å². The zero-order valence-corrected chi connectivity index (χ0v) is 14.1. The quantitative estimate of drug-likeness (QED) is 0.795. The van der Waals surface area contributed by atoms with Gasteiger partial charge in [0.05, 0.1) is 22.5 Å². The van der Waals surface area contributed by atoms with E-state index in [1.807, 2.05) is 0 Å². The van der Waals surface area contributed by atoms with Gasteiger partial charge >= 0.3 is 0 Å². The molecule has 2 amide bonds. The highest BCUT2D eigenvalue weighted by molar-refractivity contribution is 9.10. The zero-order valence-electron chi connectivity index (χ0n) is 10.9. The minimum Gasteiger partial charge on any atom is -0.506 e. The molecule has 1 saturated heterocycles. The Morgan fingerprint density at radius 3 is 2.86 bits per heavy atom. The smallest absolute Gasteiger partial charge is 0.293 e. The molecule has 1 aromatic rings. The molecule has 0 saturated carbocycles. The molecule has 1 aromatic carbocycles. The number of ether oxygens (including phenoxy) is 1. The van der Waals surface area contributed by atoms with E-state index in [0.717, 1.165) is 16.7 Å². The van der Waals surface area contributed by atoms with E-state index in [9.17, 15) is 14.7 Å². The lowest BCUT2D eigenvalue weighted by molar-refractivity contribution is -0.123. The van der Waals surface area contributed by atoms with Crippen LogP contribution in [0.25, 0.3) is 6.08 Å². The van der Waals surface area contributed by atoms with Gasteiger partial charge in [0.15, 0.2) is 0 Å². The summed E-state index contributed by atoms with van der Waals surface area (Å²) in [5.74, 6) is -0.444. The molecule has 1 aliphatic rings. The van der Waals surface area contributed by atoms with Crippen LogP contribution in [0.3, 0.4) is 0 Å². The molecule has 0 spiro atoms. The Balaban J connectivity index is 2.31. The maximum absolute atomic E-state index is 12.1. The van der Waals surface area contributed by atoms with Crippen molar-refractivity contribution in [2.75, 3.05) is 20.3 Å². The molecule has 0 radical (unpaired) electrons. The summed E-state index contributed by atoms with van der Waals surface area (Å²) >= 11 is 9.90. The molecule has 1 N–H and O–H groups in total. The van der Waals surface area contributed by atoms with Crippen LogP contribution in [0.1, 0.15) is 5.56 Å². The first kappa shape index (κ1) is 16.4. The minimum atomic E-state index is -0.405. The molecular formula is C13H11BrClNO4S. The number of methoxy groups -OCH3 is 1. The number of phenols is 1. The second-order valence-corrected chi connectivity index (χ2v) is 6.44. The molecule has 5 nitrogen and oxygen atoms in total. The van der Waals surface area contributed by atoms with Crippen LogP contribution in [0, 0.1) is 0 Å². The normalized spacial score (nSPS) is 17.1. The van der Waals surface area contributed by atoms with E-state index in [-0.39, 0.29) is 29.0 Å². The van der Waals surface area contributed by atoms with Crippen molar-refractivity contribution in [1.29, 1.82) is 0 Å². The summed E-state index contributed by atoms with van der Waals surface area (Å²) in [6.45, 7) is 0.475. The standard InChI is InChI=1S/C13H11BrClNO4S/c1-20-3-2-16-12(18)10(21-13(16)19)5-7-4-8(15)6-9(14)11(7)17/h4-6,17H,2-3H2,1H3/b10-5+. The molecule has 21 heavy (non-hydrogen) atoms. The minimum absolute atomic E-state index is 0.0388. The fourth-order valence-electron chi connectivity index (χ4n) is 1.71. The first-order valence-electron chi connectivity index (χ1n) is 5.86. The average Bonchev–Trinajstić information content (AvgIpc) is 2.68. The first-order chi connectivity index (χ1) is 9.93. The molecule has 0 unspecified atom stereocenters. The number of thioether (sulfide) groups is 1. The Labute approximate surface area is 139 Å². The van der Waals surface area contributed by atoms with Crippen LogP contribution in [0.15, 0.2) is 21.5 Å². The summed E-state index contributed by atoms with van der Waals surface area (Å²) in [5, 5.41) is 10.0. The van der Waals surface area contributed by atoms with Crippen LogP contribution in [-0.4, -0.2) is 41.4 Å². The van der Waals surface area contributed by atoms with Gasteiger partial charge in [0.1, 0.15) is 5.75 Å².